The highest BCUT2D eigenvalue weighted by Gasteiger charge is 1.97. The minimum Gasteiger partial charge on any atom is -0.493 e. The Labute approximate surface area is 128 Å². The lowest BCUT2D eigenvalue weighted by Crippen LogP contribution is -2.00. The molecule has 0 atom stereocenters. The summed E-state index contributed by atoms with van der Waals surface area (Å²) < 4.78 is 5.67. The summed E-state index contributed by atoms with van der Waals surface area (Å²) >= 11 is 1.74. The molecule has 0 spiro atoms. The predicted octanol–water partition coefficient (Wildman–Crippen LogP) is 3.96. The van der Waals surface area contributed by atoms with Crippen molar-refractivity contribution in [3.05, 3.63) is 66.2 Å². The molecular weight excluding hydrogens is 284 g/mol. The van der Waals surface area contributed by atoms with E-state index in [-0.39, 0.29) is 0 Å². The number of carboxylic acid groups (broad SMARTS) is 1. The lowest BCUT2D eigenvalue weighted by molar-refractivity contribution is -0.131. The number of ether oxygens (including phenoxy) is 1. The first kappa shape index (κ1) is 15.2. The van der Waals surface area contributed by atoms with Gasteiger partial charge in [0.15, 0.2) is 0 Å². The van der Waals surface area contributed by atoms with Gasteiger partial charge < -0.3 is 9.84 Å². The number of thioether (sulfide) groups is 1. The zero-order valence-electron chi connectivity index (χ0n) is 11.4. The first-order chi connectivity index (χ1) is 10.2. The maximum Gasteiger partial charge on any atom is 0.328 e. The summed E-state index contributed by atoms with van der Waals surface area (Å²) in [5.41, 5.74) is 0.811. The smallest absolute Gasteiger partial charge is 0.328 e. The Morgan fingerprint density at radius 1 is 1.14 bits per heavy atom. The second-order valence-electron chi connectivity index (χ2n) is 4.25. The Balaban J connectivity index is 1.80. The summed E-state index contributed by atoms with van der Waals surface area (Å²) in [4.78, 5) is 11.7. The molecule has 2 aromatic rings. The predicted molar refractivity (Wildman–Crippen MR) is 85.8 cm³/mol. The number of aliphatic carboxylic acids is 1. The summed E-state index contributed by atoms with van der Waals surface area (Å²) in [5, 5.41) is 8.60. The lowest BCUT2D eigenvalue weighted by Gasteiger charge is -2.06. The van der Waals surface area contributed by atoms with Crippen LogP contribution in [0.25, 0.3) is 6.08 Å². The normalized spacial score (nSPS) is 10.7. The van der Waals surface area contributed by atoms with Gasteiger partial charge in [-0.1, -0.05) is 30.3 Å². The van der Waals surface area contributed by atoms with E-state index in [1.54, 1.807) is 17.8 Å². The van der Waals surface area contributed by atoms with Gasteiger partial charge in [0.25, 0.3) is 0 Å². The molecular formula is C17H16O3S. The van der Waals surface area contributed by atoms with Crippen molar-refractivity contribution in [1.29, 1.82) is 0 Å². The first-order valence-electron chi connectivity index (χ1n) is 6.56. The van der Waals surface area contributed by atoms with Gasteiger partial charge in [0.05, 0.1) is 6.61 Å². The first-order valence-corrected chi connectivity index (χ1v) is 7.54. The molecule has 0 aliphatic rings. The molecule has 0 amide bonds. The molecule has 4 heteroatoms. The number of hydrogen-bond acceptors (Lipinski definition) is 3. The quantitative estimate of drug-likeness (QED) is 0.478. The molecule has 2 rings (SSSR count). The van der Waals surface area contributed by atoms with Crippen molar-refractivity contribution < 1.29 is 14.6 Å². The standard InChI is InChI=1S/C17H16O3S/c18-17(19)10-9-14-5-4-6-15(13-14)20-11-12-21-16-7-2-1-3-8-16/h1-10,13H,11-12H2,(H,18,19). The van der Waals surface area contributed by atoms with Gasteiger partial charge in [0.1, 0.15) is 5.75 Å². The van der Waals surface area contributed by atoms with Gasteiger partial charge in [-0.15, -0.1) is 11.8 Å². The second kappa shape index (κ2) is 8.17. The van der Waals surface area contributed by atoms with E-state index in [0.29, 0.717) is 6.61 Å². The molecule has 21 heavy (non-hydrogen) atoms. The van der Waals surface area contributed by atoms with Crippen molar-refractivity contribution in [1.82, 2.24) is 0 Å². The molecule has 2 aromatic carbocycles. The molecule has 0 bridgehead atoms. The van der Waals surface area contributed by atoms with Crippen LogP contribution in [0.1, 0.15) is 5.56 Å². The average molecular weight is 300 g/mol. The molecule has 0 radical (unpaired) electrons. The van der Waals surface area contributed by atoms with Crippen LogP contribution in [0.15, 0.2) is 65.6 Å². The summed E-state index contributed by atoms with van der Waals surface area (Å²) in [7, 11) is 0. The Morgan fingerprint density at radius 3 is 2.71 bits per heavy atom. The van der Waals surface area contributed by atoms with Crippen LogP contribution in [-0.4, -0.2) is 23.4 Å². The second-order valence-corrected chi connectivity index (χ2v) is 5.42. The molecule has 0 fully saturated rings. The van der Waals surface area contributed by atoms with E-state index in [0.717, 1.165) is 23.1 Å². The SMILES string of the molecule is O=C(O)C=Cc1cccc(OCCSc2ccccc2)c1. The summed E-state index contributed by atoms with van der Waals surface area (Å²) in [6.07, 6.45) is 2.66. The molecule has 0 aliphatic heterocycles. The molecule has 0 unspecified atom stereocenters. The van der Waals surface area contributed by atoms with Crippen LogP contribution in [-0.2, 0) is 4.79 Å². The average Bonchev–Trinajstić information content (AvgIpc) is 2.51. The van der Waals surface area contributed by atoms with E-state index in [9.17, 15) is 4.79 Å². The molecule has 1 N–H and O–H groups in total. The molecule has 3 nitrogen and oxygen atoms in total. The van der Waals surface area contributed by atoms with Crippen molar-refractivity contribution in [2.24, 2.45) is 0 Å². The van der Waals surface area contributed by atoms with E-state index < -0.39 is 5.97 Å². The summed E-state index contributed by atoms with van der Waals surface area (Å²) in [6.45, 7) is 0.603. The molecule has 0 saturated carbocycles. The number of carbonyl (C=O) groups is 1. The van der Waals surface area contributed by atoms with Gasteiger partial charge in [-0.3, -0.25) is 0 Å². The Hall–Kier alpha value is -2.20. The highest BCUT2D eigenvalue weighted by atomic mass is 32.2. The van der Waals surface area contributed by atoms with Gasteiger partial charge in [-0.25, -0.2) is 4.79 Å². The third kappa shape index (κ3) is 5.75. The third-order valence-corrected chi connectivity index (χ3v) is 3.62. The van der Waals surface area contributed by atoms with Gasteiger partial charge >= 0.3 is 5.97 Å². The largest absolute Gasteiger partial charge is 0.493 e. The highest BCUT2D eigenvalue weighted by Crippen LogP contribution is 2.18. The van der Waals surface area contributed by atoms with Crippen LogP contribution < -0.4 is 4.74 Å². The van der Waals surface area contributed by atoms with Crippen LogP contribution >= 0.6 is 11.8 Å². The van der Waals surface area contributed by atoms with Crippen molar-refractivity contribution in [3.63, 3.8) is 0 Å². The number of benzene rings is 2. The van der Waals surface area contributed by atoms with Crippen LogP contribution in [0.3, 0.4) is 0 Å². The van der Waals surface area contributed by atoms with E-state index in [2.05, 4.69) is 12.1 Å². The minimum atomic E-state index is -0.958. The van der Waals surface area contributed by atoms with E-state index >= 15 is 0 Å². The fraction of sp³-hybridized carbons (Fsp3) is 0.118. The molecule has 108 valence electrons. The molecule has 0 saturated heterocycles. The zero-order chi connectivity index (χ0) is 14.9. The molecule has 0 aliphatic carbocycles. The van der Waals surface area contributed by atoms with Crippen LogP contribution in [0.2, 0.25) is 0 Å². The monoisotopic (exact) mass is 300 g/mol. The maximum atomic E-state index is 10.5. The lowest BCUT2D eigenvalue weighted by atomic mass is 10.2. The van der Waals surface area contributed by atoms with Crippen LogP contribution in [0.4, 0.5) is 0 Å². The Kier molecular flexibility index (Phi) is 5.91. The van der Waals surface area contributed by atoms with E-state index in [4.69, 9.17) is 9.84 Å². The Bertz CT molecular complexity index is 608. The topological polar surface area (TPSA) is 46.5 Å². The fourth-order valence-electron chi connectivity index (χ4n) is 1.71. The fourth-order valence-corrected chi connectivity index (χ4v) is 2.46. The molecule has 0 heterocycles. The van der Waals surface area contributed by atoms with Gasteiger partial charge in [-0.2, -0.15) is 0 Å². The maximum absolute atomic E-state index is 10.5. The van der Waals surface area contributed by atoms with Crippen molar-refractivity contribution in [2.75, 3.05) is 12.4 Å². The number of carboxylic acids is 1. The summed E-state index contributed by atoms with van der Waals surface area (Å²) in [6, 6.07) is 17.5. The third-order valence-electron chi connectivity index (χ3n) is 2.64. The van der Waals surface area contributed by atoms with Crippen molar-refractivity contribution in [2.45, 2.75) is 4.90 Å². The van der Waals surface area contributed by atoms with Gasteiger partial charge in [0, 0.05) is 16.7 Å². The minimum absolute atomic E-state index is 0.603. The van der Waals surface area contributed by atoms with Crippen LogP contribution in [0, 0.1) is 0 Å². The summed E-state index contributed by atoms with van der Waals surface area (Å²) in [5.74, 6) is 0.649. The van der Waals surface area contributed by atoms with E-state index in [1.165, 1.54) is 4.90 Å². The van der Waals surface area contributed by atoms with Crippen molar-refractivity contribution in [3.8, 4) is 5.75 Å². The highest BCUT2D eigenvalue weighted by molar-refractivity contribution is 7.99. The van der Waals surface area contributed by atoms with Gasteiger partial charge in [-0.05, 0) is 35.9 Å². The number of hydrogen-bond donors (Lipinski definition) is 1. The van der Waals surface area contributed by atoms with Gasteiger partial charge in [0.2, 0.25) is 0 Å². The zero-order valence-corrected chi connectivity index (χ0v) is 12.3. The van der Waals surface area contributed by atoms with E-state index in [1.807, 2.05) is 42.5 Å². The van der Waals surface area contributed by atoms with Crippen molar-refractivity contribution >= 4 is 23.8 Å². The Morgan fingerprint density at radius 2 is 1.95 bits per heavy atom. The van der Waals surface area contributed by atoms with Crippen LogP contribution in [0.5, 0.6) is 5.75 Å². The number of rotatable bonds is 7. The molecule has 0 aromatic heterocycles.